The highest BCUT2D eigenvalue weighted by molar-refractivity contribution is 9.10. The Morgan fingerprint density at radius 2 is 2.12 bits per heavy atom. The van der Waals surface area contributed by atoms with Gasteiger partial charge in [-0.3, -0.25) is 4.98 Å². The lowest BCUT2D eigenvalue weighted by atomic mass is 10.4. The van der Waals surface area contributed by atoms with Gasteiger partial charge >= 0.3 is 0 Å². The maximum Gasteiger partial charge on any atom is 0.146 e. The van der Waals surface area contributed by atoms with Gasteiger partial charge in [0, 0.05) is 22.9 Å². The van der Waals surface area contributed by atoms with E-state index in [1.807, 2.05) is 6.07 Å². The van der Waals surface area contributed by atoms with Crippen LogP contribution in [0.5, 0.6) is 11.5 Å². The first-order chi connectivity index (χ1) is 7.78. The third-order valence-corrected chi connectivity index (χ3v) is 2.23. The van der Waals surface area contributed by atoms with E-state index < -0.39 is 0 Å². The molecule has 2 aromatic heterocycles. The van der Waals surface area contributed by atoms with Gasteiger partial charge in [0.2, 0.25) is 0 Å². The van der Waals surface area contributed by atoms with Crippen molar-refractivity contribution in [3.8, 4) is 11.5 Å². The molecule has 2 rings (SSSR count). The summed E-state index contributed by atoms with van der Waals surface area (Å²) in [5.41, 5.74) is 2.45. The molecule has 0 fully saturated rings. The van der Waals surface area contributed by atoms with Gasteiger partial charge in [0.15, 0.2) is 0 Å². The zero-order valence-electron chi connectivity index (χ0n) is 8.22. The summed E-state index contributed by atoms with van der Waals surface area (Å²) >= 11 is 3.32. The van der Waals surface area contributed by atoms with Gasteiger partial charge in [-0.15, -0.1) is 0 Å². The number of nitrogens with zero attached hydrogens (tertiary/aromatic N) is 2. The van der Waals surface area contributed by atoms with Crippen LogP contribution in [0.15, 0.2) is 41.3 Å². The molecule has 6 heteroatoms. The zero-order chi connectivity index (χ0) is 11.4. The lowest BCUT2D eigenvalue weighted by Crippen LogP contribution is -2.08. The summed E-state index contributed by atoms with van der Waals surface area (Å²) in [6, 6.07) is 5.26. The van der Waals surface area contributed by atoms with Gasteiger partial charge < -0.3 is 10.2 Å². The van der Waals surface area contributed by atoms with Crippen LogP contribution in [0.4, 0.5) is 5.82 Å². The molecule has 0 aromatic carbocycles. The molecule has 0 aliphatic carbocycles. The fourth-order valence-corrected chi connectivity index (χ4v) is 1.48. The molecule has 0 aliphatic rings. The zero-order valence-corrected chi connectivity index (χ0v) is 9.81. The monoisotopic (exact) mass is 280 g/mol. The fraction of sp³-hybridized carbons (Fsp3) is 0. The number of ether oxygens (including phenoxy) is 1. The topological polar surface area (TPSA) is 73.1 Å². The van der Waals surface area contributed by atoms with Crippen LogP contribution in [-0.2, 0) is 0 Å². The third kappa shape index (κ3) is 2.68. The first-order valence-corrected chi connectivity index (χ1v) is 5.28. The highest BCUT2D eigenvalue weighted by Crippen LogP contribution is 2.23. The molecule has 0 saturated carbocycles. The van der Waals surface area contributed by atoms with E-state index >= 15 is 0 Å². The SMILES string of the molecule is NNc1cc(Oc2cncc(Br)c2)ccn1. The maximum atomic E-state index is 5.57. The van der Waals surface area contributed by atoms with Crippen LogP contribution >= 0.6 is 15.9 Å². The van der Waals surface area contributed by atoms with Gasteiger partial charge in [-0.1, -0.05) is 0 Å². The first kappa shape index (κ1) is 10.8. The minimum absolute atomic E-state index is 0.542. The molecule has 0 unspecified atom stereocenters. The average molecular weight is 281 g/mol. The molecule has 82 valence electrons. The first-order valence-electron chi connectivity index (χ1n) is 4.49. The number of nitrogens with one attached hydrogen (secondary N) is 1. The number of halogens is 1. The molecular formula is C10H9BrN4O. The van der Waals surface area contributed by atoms with Crippen molar-refractivity contribution >= 4 is 21.7 Å². The van der Waals surface area contributed by atoms with Crippen molar-refractivity contribution in [2.24, 2.45) is 5.84 Å². The largest absolute Gasteiger partial charge is 0.456 e. The number of nitrogen functional groups attached to an aromatic ring is 1. The quantitative estimate of drug-likeness (QED) is 0.667. The van der Waals surface area contributed by atoms with Gasteiger partial charge in [0.1, 0.15) is 17.3 Å². The molecule has 0 radical (unpaired) electrons. The molecule has 0 saturated heterocycles. The molecule has 0 spiro atoms. The van der Waals surface area contributed by atoms with E-state index in [4.69, 9.17) is 10.6 Å². The van der Waals surface area contributed by atoms with Crippen LogP contribution in [0.3, 0.4) is 0 Å². The second kappa shape index (κ2) is 4.91. The van der Waals surface area contributed by atoms with Gasteiger partial charge in [-0.25, -0.2) is 10.8 Å². The molecule has 16 heavy (non-hydrogen) atoms. The van der Waals surface area contributed by atoms with Crippen LogP contribution in [-0.4, -0.2) is 9.97 Å². The Kier molecular flexibility index (Phi) is 3.33. The molecule has 3 N–H and O–H groups in total. The normalized spacial score (nSPS) is 9.88. The highest BCUT2D eigenvalue weighted by Gasteiger charge is 2.00. The molecule has 2 heterocycles. The van der Waals surface area contributed by atoms with Gasteiger partial charge in [-0.05, 0) is 28.1 Å². The molecular weight excluding hydrogens is 272 g/mol. The third-order valence-electron chi connectivity index (χ3n) is 1.79. The van der Waals surface area contributed by atoms with E-state index in [-0.39, 0.29) is 0 Å². The molecule has 0 aliphatic heterocycles. The Labute approximate surface area is 101 Å². The Bertz CT molecular complexity index is 492. The predicted molar refractivity (Wildman–Crippen MR) is 64.1 cm³/mol. The Balaban J connectivity index is 2.20. The summed E-state index contributed by atoms with van der Waals surface area (Å²) in [6.45, 7) is 0. The van der Waals surface area contributed by atoms with E-state index in [0.717, 1.165) is 4.47 Å². The number of hydrazine groups is 1. The summed E-state index contributed by atoms with van der Waals surface area (Å²) in [5.74, 6) is 7.07. The minimum Gasteiger partial charge on any atom is -0.456 e. The van der Waals surface area contributed by atoms with E-state index in [9.17, 15) is 0 Å². The number of pyridine rings is 2. The molecule has 2 aromatic rings. The molecule has 0 atom stereocenters. The number of anilines is 1. The minimum atomic E-state index is 0.542. The molecule has 0 bridgehead atoms. The standard InChI is InChI=1S/C10H9BrN4O/c11-7-3-9(6-13-5-7)16-8-1-2-14-10(4-8)15-12/h1-6H,12H2,(H,14,15). The second-order valence-electron chi connectivity index (χ2n) is 2.96. The predicted octanol–water partition coefficient (Wildman–Crippen LogP) is 2.32. The summed E-state index contributed by atoms with van der Waals surface area (Å²) < 4.78 is 6.43. The fourth-order valence-electron chi connectivity index (χ4n) is 1.14. The van der Waals surface area contributed by atoms with Crippen molar-refractivity contribution in [1.82, 2.24) is 9.97 Å². The number of rotatable bonds is 3. The summed E-state index contributed by atoms with van der Waals surface area (Å²) in [7, 11) is 0. The Hall–Kier alpha value is -1.66. The average Bonchev–Trinajstić information content (AvgIpc) is 2.29. The lowest BCUT2D eigenvalue weighted by Gasteiger charge is -2.06. The lowest BCUT2D eigenvalue weighted by molar-refractivity contribution is 0.479. The molecule has 0 amide bonds. The number of hydrogen-bond donors (Lipinski definition) is 2. The van der Waals surface area contributed by atoms with Crippen molar-refractivity contribution in [1.29, 1.82) is 0 Å². The number of nitrogens with two attached hydrogens (primary N) is 1. The van der Waals surface area contributed by atoms with Crippen molar-refractivity contribution < 1.29 is 4.74 Å². The van der Waals surface area contributed by atoms with Crippen molar-refractivity contribution in [3.05, 3.63) is 41.3 Å². The van der Waals surface area contributed by atoms with Gasteiger partial charge in [0.25, 0.3) is 0 Å². The Morgan fingerprint density at radius 1 is 1.25 bits per heavy atom. The summed E-state index contributed by atoms with van der Waals surface area (Å²) in [6.07, 6.45) is 4.92. The van der Waals surface area contributed by atoms with Crippen molar-refractivity contribution in [3.63, 3.8) is 0 Å². The molecule has 5 nitrogen and oxygen atoms in total. The number of aromatic nitrogens is 2. The highest BCUT2D eigenvalue weighted by atomic mass is 79.9. The van der Waals surface area contributed by atoms with E-state index in [1.165, 1.54) is 0 Å². The van der Waals surface area contributed by atoms with Crippen LogP contribution in [0.25, 0.3) is 0 Å². The van der Waals surface area contributed by atoms with E-state index in [2.05, 4.69) is 31.3 Å². The summed E-state index contributed by atoms with van der Waals surface area (Å²) in [4.78, 5) is 7.97. The van der Waals surface area contributed by atoms with Crippen LogP contribution in [0, 0.1) is 0 Å². The van der Waals surface area contributed by atoms with E-state index in [1.54, 1.807) is 30.7 Å². The van der Waals surface area contributed by atoms with E-state index in [0.29, 0.717) is 17.3 Å². The van der Waals surface area contributed by atoms with Crippen molar-refractivity contribution in [2.75, 3.05) is 5.43 Å². The maximum absolute atomic E-state index is 5.57. The van der Waals surface area contributed by atoms with Gasteiger partial charge in [0.05, 0.1) is 6.20 Å². The summed E-state index contributed by atoms with van der Waals surface area (Å²) in [5, 5.41) is 0. The van der Waals surface area contributed by atoms with Crippen LogP contribution in [0.2, 0.25) is 0 Å². The number of hydrogen-bond acceptors (Lipinski definition) is 5. The smallest absolute Gasteiger partial charge is 0.146 e. The second-order valence-corrected chi connectivity index (χ2v) is 3.88. The van der Waals surface area contributed by atoms with Gasteiger partial charge in [-0.2, -0.15) is 0 Å². The van der Waals surface area contributed by atoms with Crippen LogP contribution in [0.1, 0.15) is 0 Å². The van der Waals surface area contributed by atoms with Crippen LogP contribution < -0.4 is 16.0 Å². The Morgan fingerprint density at radius 3 is 2.88 bits per heavy atom. The van der Waals surface area contributed by atoms with Crippen molar-refractivity contribution in [2.45, 2.75) is 0 Å².